The quantitative estimate of drug-likeness (QED) is 0.213. The number of aromatic nitrogens is 4. The highest BCUT2D eigenvalue weighted by Gasteiger charge is 2.45. The van der Waals surface area contributed by atoms with Gasteiger partial charge in [-0.25, -0.2) is 9.78 Å². The second-order valence-electron chi connectivity index (χ2n) is 14.9. The molecule has 0 bridgehead atoms. The van der Waals surface area contributed by atoms with Crippen molar-refractivity contribution < 1.29 is 28.7 Å². The van der Waals surface area contributed by atoms with E-state index in [1.165, 1.54) is 0 Å². The first-order valence-electron chi connectivity index (χ1n) is 19.3. The molecule has 3 saturated heterocycles. The fourth-order valence-corrected chi connectivity index (χ4v) is 8.88. The summed E-state index contributed by atoms with van der Waals surface area (Å²) in [5.41, 5.74) is 4.32. The Bertz CT molecular complexity index is 2500. The normalized spacial score (nSPS) is 19.0. The number of H-pyrrole nitrogens is 1. The first-order valence-corrected chi connectivity index (χ1v) is 20.1. The van der Waals surface area contributed by atoms with E-state index in [9.17, 15) is 24.0 Å². The molecule has 2 atom stereocenters. The van der Waals surface area contributed by atoms with Gasteiger partial charge in [-0.1, -0.05) is 23.2 Å². The maximum atomic E-state index is 13.6. The summed E-state index contributed by atoms with van der Waals surface area (Å²) in [6.07, 6.45) is 4.63. The maximum absolute atomic E-state index is 13.6. The van der Waals surface area contributed by atoms with E-state index in [-0.39, 0.29) is 30.0 Å². The van der Waals surface area contributed by atoms with Crippen molar-refractivity contribution in [1.82, 2.24) is 40.2 Å². The minimum Gasteiger partial charge on any atom is -0.486 e. The van der Waals surface area contributed by atoms with E-state index in [1.54, 1.807) is 36.8 Å². The van der Waals surface area contributed by atoms with E-state index in [0.29, 0.717) is 73.7 Å². The Hall–Kier alpha value is -6.26. The lowest BCUT2D eigenvalue weighted by Crippen LogP contribution is -2.57. The van der Waals surface area contributed by atoms with E-state index in [4.69, 9.17) is 32.9 Å². The topological polar surface area (TPSA) is 177 Å². The Balaban J connectivity index is 0.783. The fourth-order valence-electron chi connectivity index (χ4n) is 8.21. The van der Waals surface area contributed by atoms with Crippen molar-refractivity contribution in [3.63, 3.8) is 0 Å². The zero-order chi connectivity index (χ0) is 40.9. The van der Waals surface area contributed by atoms with Gasteiger partial charge in [0.1, 0.15) is 29.4 Å². The predicted octanol–water partition coefficient (Wildman–Crippen LogP) is 4.93. The van der Waals surface area contributed by atoms with Crippen LogP contribution >= 0.6 is 23.2 Å². The Kier molecular flexibility index (Phi) is 10.0. The molecule has 2 N–H and O–H groups in total. The number of anilines is 2. The highest BCUT2D eigenvalue weighted by atomic mass is 35.5. The summed E-state index contributed by atoms with van der Waals surface area (Å²) in [4.78, 5) is 81.8. The van der Waals surface area contributed by atoms with Crippen LogP contribution in [0.3, 0.4) is 0 Å². The summed E-state index contributed by atoms with van der Waals surface area (Å²) in [5.74, 6) is -0.695. The Morgan fingerprint density at radius 3 is 2.19 bits per heavy atom. The number of pyridine rings is 2. The van der Waals surface area contributed by atoms with Gasteiger partial charge < -0.3 is 24.3 Å². The minimum atomic E-state index is -1.02. The standard InChI is InChI=1S/C41H38Cl2N10O6/c1-23(36-30(42)21-44-22-31(36)43)59-26-4-6-32-29(19-26)37(48-47-32)24-2-8-34(45-20-24)50-12-16-52(17-13-50)41(58)51-14-10-49(11-15-51)25-3-5-27-28(18-25)40(57)53(39(27)56)33-7-9-35(54)46-38(33)55/h2-6,8,18-23,33H,7,9-17H2,1H3,(H,47,48)(H,46,54,55)/t23-,33?/m1/s1. The van der Waals surface area contributed by atoms with Gasteiger partial charge in [-0.05, 0) is 61.9 Å². The third-order valence-electron chi connectivity index (χ3n) is 11.4. The largest absolute Gasteiger partial charge is 0.486 e. The number of fused-ring (bicyclic) bond motifs is 2. The van der Waals surface area contributed by atoms with Crippen molar-refractivity contribution in [1.29, 1.82) is 0 Å². The third kappa shape index (κ3) is 7.16. The monoisotopic (exact) mass is 836 g/mol. The number of nitrogens with one attached hydrogen (secondary N) is 2. The molecule has 0 saturated carbocycles. The number of nitrogens with zero attached hydrogens (tertiary/aromatic N) is 8. The number of piperazine rings is 2. The fraction of sp³-hybridized carbons (Fsp3) is 0.317. The van der Waals surface area contributed by atoms with Crippen LogP contribution in [0.2, 0.25) is 10.0 Å². The van der Waals surface area contributed by atoms with Gasteiger partial charge in [-0.15, -0.1) is 0 Å². The van der Waals surface area contributed by atoms with Gasteiger partial charge in [0.25, 0.3) is 11.8 Å². The van der Waals surface area contributed by atoms with Gasteiger partial charge in [-0.3, -0.25) is 39.5 Å². The van der Waals surface area contributed by atoms with Crippen LogP contribution in [-0.4, -0.2) is 123 Å². The van der Waals surface area contributed by atoms with Crippen LogP contribution in [0, 0.1) is 0 Å². The molecule has 0 radical (unpaired) electrons. The van der Waals surface area contributed by atoms with Crippen molar-refractivity contribution in [2.75, 3.05) is 62.2 Å². The summed E-state index contributed by atoms with van der Waals surface area (Å²) in [7, 11) is 0. The van der Waals surface area contributed by atoms with Gasteiger partial charge >= 0.3 is 6.03 Å². The Labute approximate surface area is 348 Å². The predicted molar refractivity (Wildman–Crippen MR) is 219 cm³/mol. The van der Waals surface area contributed by atoms with Gasteiger partial charge in [0, 0.05) is 99.6 Å². The number of carbonyl (C=O) groups is 5. The highest BCUT2D eigenvalue weighted by Crippen LogP contribution is 2.36. The number of rotatable bonds is 7. The zero-order valence-corrected chi connectivity index (χ0v) is 33.4. The second-order valence-corrected chi connectivity index (χ2v) is 15.7. The lowest BCUT2D eigenvalue weighted by molar-refractivity contribution is -0.136. The van der Waals surface area contributed by atoms with Crippen LogP contribution in [0.5, 0.6) is 5.75 Å². The number of carbonyl (C=O) groups excluding carboxylic acids is 5. The lowest BCUT2D eigenvalue weighted by Gasteiger charge is -2.41. The number of aromatic amines is 1. The molecule has 3 aromatic heterocycles. The number of amides is 6. The van der Waals surface area contributed by atoms with Crippen LogP contribution < -0.4 is 19.9 Å². The number of hydrogen-bond donors (Lipinski definition) is 2. The number of urea groups is 1. The number of ether oxygens (including phenoxy) is 1. The van der Waals surface area contributed by atoms with Gasteiger partial charge in [0.15, 0.2) is 0 Å². The summed E-state index contributed by atoms with van der Waals surface area (Å²) in [5, 5.41) is 11.6. The number of benzene rings is 2. The van der Waals surface area contributed by atoms with Crippen molar-refractivity contribution >= 4 is 75.3 Å². The van der Waals surface area contributed by atoms with E-state index in [1.807, 2.05) is 47.1 Å². The SMILES string of the molecule is C[C@@H](Oc1ccc2[nH]nc(-c3ccc(N4CCN(C(=O)N5CCN(c6ccc7c(c6)C(=O)N(C6CCC(=O)NC6=O)C7=O)CC5)CC4)nc3)c2c1)c1c(Cl)cncc1Cl. The highest BCUT2D eigenvalue weighted by molar-refractivity contribution is 6.35. The minimum absolute atomic E-state index is 0.0164. The molecule has 59 heavy (non-hydrogen) atoms. The van der Waals surface area contributed by atoms with Crippen LogP contribution in [0.15, 0.2) is 67.1 Å². The number of halogens is 2. The van der Waals surface area contributed by atoms with Crippen LogP contribution in [0.25, 0.3) is 22.2 Å². The second kappa shape index (κ2) is 15.5. The number of hydrogen-bond acceptors (Lipinski definition) is 11. The van der Waals surface area contributed by atoms with Crippen LogP contribution in [0.1, 0.15) is 52.1 Å². The molecular weight excluding hydrogens is 799 g/mol. The first-order chi connectivity index (χ1) is 28.5. The molecule has 5 aromatic rings. The average molecular weight is 838 g/mol. The summed E-state index contributed by atoms with van der Waals surface area (Å²) in [6.45, 7) is 6.33. The first kappa shape index (κ1) is 38.3. The average Bonchev–Trinajstić information content (AvgIpc) is 3.77. The van der Waals surface area contributed by atoms with Gasteiger partial charge in [0.05, 0.1) is 26.7 Å². The smallest absolute Gasteiger partial charge is 0.320 e. The molecule has 3 fully saturated rings. The van der Waals surface area contributed by atoms with E-state index >= 15 is 0 Å². The Morgan fingerprint density at radius 1 is 0.814 bits per heavy atom. The summed E-state index contributed by atoms with van der Waals surface area (Å²) < 4.78 is 6.23. The van der Waals surface area contributed by atoms with Gasteiger partial charge in [0.2, 0.25) is 11.8 Å². The molecule has 1 unspecified atom stereocenters. The van der Waals surface area contributed by atoms with Crippen LogP contribution in [0.4, 0.5) is 16.3 Å². The van der Waals surface area contributed by atoms with E-state index in [2.05, 4.69) is 30.3 Å². The van der Waals surface area contributed by atoms with E-state index < -0.39 is 35.8 Å². The summed E-state index contributed by atoms with van der Waals surface area (Å²) >= 11 is 12.7. The molecule has 9 rings (SSSR count). The molecule has 0 aliphatic carbocycles. The molecule has 6 amide bonds. The zero-order valence-electron chi connectivity index (χ0n) is 31.9. The van der Waals surface area contributed by atoms with Crippen molar-refractivity contribution in [3.8, 4) is 17.0 Å². The molecule has 18 heteroatoms. The molecule has 4 aliphatic heterocycles. The van der Waals surface area contributed by atoms with Crippen LogP contribution in [-0.2, 0) is 9.59 Å². The maximum Gasteiger partial charge on any atom is 0.320 e. The Morgan fingerprint density at radius 2 is 1.51 bits per heavy atom. The summed E-state index contributed by atoms with van der Waals surface area (Å²) in [6, 6.07) is 13.7. The molecule has 302 valence electrons. The lowest BCUT2D eigenvalue weighted by atomic mass is 10.0. The van der Waals surface area contributed by atoms with Gasteiger partial charge in [-0.2, -0.15) is 5.10 Å². The van der Waals surface area contributed by atoms with E-state index in [0.717, 1.165) is 38.6 Å². The molecule has 16 nitrogen and oxygen atoms in total. The van der Waals surface area contributed by atoms with Crippen molar-refractivity contribution in [2.45, 2.75) is 31.9 Å². The third-order valence-corrected chi connectivity index (χ3v) is 12.0. The molecule has 7 heterocycles. The number of piperidine rings is 1. The molecule has 4 aliphatic rings. The molecule has 2 aromatic carbocycles. The number of imide groups is 2. The molecular formula is C41H38Cl2N10O6. The van der Waals surface area contributed by atoms with Crippen molar-refractivity contribution in [3.05, 3.63) is 93.9 Å². The molecule has 0 spiro atoms. The van der Waals surface area contributed by atoms with Crippen molar-refractivity contribution in [2.24, 2.45) is 0 Å².